The molecule has 1 aromatic carbocycles. The van der Waals surface area contributed by atoms with E-state index in [4.69, 9.17) is 5.73 Å². The van der Waals surface area contributed by atoms with Gasteiger partial charge in [-0.1, -0.05) is 6.07 Å². The summed E-state index contributed by atoms with van der Waals surface area (Å²) in [4.78, 5) is 11.9. The molecule has 1 amide bonds. The second kappa shape index (κ2) is 5.55. The molecule has 0 unspecified atom stereocenters. The van der Waals surface area contributed by atoms with Gasteiger partial charge in [-0.3, -0.25) is 9.89 Å². The monoisotopic (exact) mass is 282 g/mol. The van der Waals surface area contributed by atoms with Gasteiger partial charge in [-0.25, -0.2) is 0 Å². The summed E-state index contributed by atoms with van der Waals surface area (Å²) in [6, 6.07) is 5.43. The van der Waals surface area contributed by atoms with Gasteiger partial charge in [-0.2, -0.15) is 13.9 Å². The van der Waals surface area contributed by atoms with Crippen molar-refractivity contribution in [2.24, 2.45) is 0 Å². The van der Waals surface area contributed by atoms with Crippen LogP contribution in [0.1, 0.15) is 16.1 Å². The van der Waals surface area contributed by atoms with Gasteiger partial charge in [0.25, 0.3) is 5.91 Å². The summed E-state index contributed by atoms with van der Waals surface area (Å²) >= 11 is 0. The Balaban J connectivity index is 2.15. The van der Waals surface area contributed by atoms with Crippen LogP contribution >= 0.6 is 0 Å². The fourth-order valence-corrected chi connectivity index (χ4v) is 1.53. The Morgan fingerprint density at radius 1 is 1.50 bits per heavy atom. The Morgan fingerprint density at radius 3 is 2.85 bits per heavy atom. The number of carbonyl (C=O) groups is 1. The Morgan fingerprint density at radius 2 is 2.25 bits per heavy atom. The number of nitrogen functional groups attached to an aromatic ring is 1. The standard InChI is InChI=1S/C12H12F2N4O2/c1-6-9(15)10(18-17-6)16-11(19)7-3-2-4-8(5-7)20-12(13)14/h2-5,12H,15H2,1H3,(H2,16,17,18,19). The maximum Gasteiger partial charge on any atom is 0.387 e. The Bertz CT molecular complexity index is 628. The molecule has 0 spiro atoms. The summed E-state index contributed by atoms with van der Waals surface area (Å²) in [5, 5.41) is 8.91. The van der Waals surface area contributed by atoms with Crippen LogP contribution in [0.5, 0.6) is 5.75 Å². The van der Waals surface area contributed by atoms with Crippen molar-refractivity contribution in [2.75, 3.05) is 11.1 Å². The zero-order chi connectivity index (χ0) is 14.7. The second-order valence-corrected chi connectivity index (χ2v) is 3.97. The van der Waals surface area contributed by atoms with Gasteiger partial charge in [0.1, 0.15) is 5.75 Å². The van der Waals surface area contributed by atoms with Crippen LogP contribution < -0.4 is 15.8 Å². The number of carbonyl (C=O) groups excluding carboxylic acids is 1. The molecule has 106 valence electrons. The van der Waals surface area contributed by atoms with Gasteiger partial charge in [-0.05, 0) is 25.1 Å². The number of halogens is 2. The first-order valence-corrected chi connectivity index (χ1v) is 5.64. The molecule has 0 aliphatic carbocycles. The molecule has 2 aromatic rings. The van der Waals surface area contributed by atoms with E-state index in [-0.39, 0.29) is 17.1 Å². The molecule has 4 N–H and O–H groups in total. The van der Waals surface area contributed by atoms with E-state index in [0.717, 1.165) is 0 Å². The van der Waals surface area contributed by atoms with Gasteiger partial charge in [0, 0.05) is 5.56 Å². The van der Waals surface area contributed by atoms with Crippen molar-refractivity contribution in [3.63, 3.8) is 0 Å². The second-order valence-electron chi connectivity index (χ2n) is 3.97. The summed E-state index contributed by atoms with van der Waals surface area (Å²) in [5.41, 5.74) is 6.79. The molecular formula is C12H12F2N4O2. The van der Waals surface area contributed by atoms with E-state index >= 15 is 0 Å². The van der Waals surface area contributed by atoms with Crippen molar-refractivity contribution in [2.45, 2.75) is 13.5 Å². The van der Waals surface area contributed by atoms with E-state index in [2.05, 4.69) is 20.3 Å². The lowest BCUT2D eigenvalue weighted by Gasteiger charge is -2.07. The average molecular weight is 282 g/mol. The number of aryl methyl sites for hydroxylation is 1. The summed E-state index contributed by atoms with van der Waals surface area (Å²) in [6.07, 6.45) is 0. The SMILES string of the molecule is Cc1[nH]nc(NC(=O)c2cccc(OC(F)F)c2)c1N. The van der Waals surface area contributed by atoms with E-state index in [1.54, 1.807) is 6.92 Å². The molecule has 0 aliphatic heterocycles. The predicted octanol–water partition coefficient (Wildman–Crippen LogP) is 2.15. The summed E-state index contributed by atoms with van der Waals surface area (Å²) in [7, 11) is 0. The van der Waals surface area contributed by atoms with Crippen LogP contribution in [0.3, 0.4) is 0 Å². The molecular weight excluding hydrogens is 270 g/mol. The van der Waals surface area contributed by atoms with Crippen LogP contribution in [0.2, 0.25) is 0 Å². The Labute approximate surface area is 112 Å². The number of benzene rings is 1. The van der Waals surface area contributed by atoms with Crippen molar-refractivity contribution in [3.8, 4) is 5.75 Å². The molecule has 0 saturated carbocycles. The van der Waals surface area contributed by atoms with Crippen LogP contribution in [-0.2, 0) is 0 Å². The number of H-pyrrole nitrogens is 1. The number of aromatic nitrogens is 2. The maximum atomic E-state index is 12.1. The molecule has 0 fully saturated rings. The summed E-state index contributed by atoms with van der Waals surface area (Å²) < 4.78 is 28.4. The van der Waals surface area contributed by atoms with Gasteiger partial charge in [0.2, 0.25) is 0 Å². The minimum atomic E-state index is -2.95. The largest absolute Gasteiger partial charge is 0.435 e. The lowest BCUT2D eigenvalue weighted by Crippen LogP contribution is -2.13. The molecule has 0 saturated heterocycles. The van der Waals surface area contributed by atoms with Crippen molar-refractivity contribution >= 4 is 17.4 Å². The number of nitrogens with two attached hydrogens (primary N) is 1. The third-order valence-electron chi connectivity index (χ3n) is 2.55. The summed E-state index contributed by atoms with van der Waals surface area (Å²) in [5.74, 6) is -0.436. The highest BCUT2D eigenvalue weighted by atomic mass is 19.3. The lowest BCUT2D eigenvalue weighted by atomic mass is 10.2. The first-order valence-electron chi connectivity index (χ1n) is 5.64. The lowest BCUT2D eigenvalue weighted by molar-refractivity contribution is -0.0498. The van der Waals surface area contributed by atoms with Crippen LogP contribution in [0.25, 0.3) is 0 Å². The highest BCUT2D eigenvalue weighted by molar-refractivity contribution is 6.05. The number of aromatic amines is 1. The number of nitrogens with zero attached hydrogens (tertiary/aromatic N) is 1. The number of hydrogen-bond acceptors (Lipinski definition) is 4. The fourth-order valence-electron chi connectivity index (χ4n) is 1.53. The first kappa shape index (κ1) is 13.8. The number of amides is 1. The molecule has 2 rings (SSSR count). The Kier molecular flexibility index (Phi) is 3.83. The third-order valence-corrected chi connectivity index (χ3v) is 2.55. The van der Waals surface area contributed by atoms with Crippen LogP contribution in [-0.4, -0.2) is 22.7 Å². The zero-order valence-electron chi connectivity index (χ0n) is 10.5. The van der Waals surface area contributed by atoms with Crippen molar-refractivity contribution in [1.82, 2.24) is 10.2 Å². The van der Waals surface area contributed by atoms with E-state index in [0.29, 0.717) is 11.4 Å². The first-order chi connectivity index (χ1) is 9.47. The van der Waals surface area contributed by atoms with E-state index in [1.165, 1.54) is 24.3 Å². The Hall–Kier alpha value is -2.64. The van der Waals surface area contributed by atoms with Gasteiger partial charge in [0.15, 0.2) is 5.82 Å². The van der Waals surface area contributed by atoms with Gasteiger partial charge in [0.05, 0.1) is 11.4 Å². The van der Waals surface area contributed by atoms with E-state index in [9.17, 15) is 13.6 Å². The molecule has 0 aliphatic rings. The van der Waals surface area contributed by atoms with Crippen molar-refractivity contribution in [1.29, 1.82) is 0 Å². The smallest absolute Gasteiger partial charge is 0.387 e. The van der Waals surface area contributed by atoms with E-state index in [1.807, 2.05) is 0 Å². The maximum absolute atomic E-state index is 12.1. The highest BCUT2D eigenvalue weighted by Gasteiger charge is 2.13. The van der Waals surface area contributed by atoms with Crippen molar-refractivity contribution in [3.05, 3.63) is 35.5 Å². The van der Waals surface area contributed by atoms with Crippen LogP contribution in [0.4, 0.5) is 20.3 Å². The molecule has 8 heteroatoms. The fraction of sp³-hybridized carbons (Fsp3) is 0.167. The number of ether oxygens (including phenoxy) is 1. The van der Waals surface area contributed by atoms with Gasteiger partial charge in [-0.15, -0.1) is 0 Å². The number of anilines is 2. The number of alkyl halides is 2. The minimum Gasteiger partial charge on any atom is -0.435 e. The molecule has 0 radical (unpaired) electrons. The number of rotatable bonds is 4. The molecule has 6 nitrogen and oxygen atoms in total. The molecule has 0 bridgehead atoms. The quantitative estimate of drug-likeness (QED) is 0.801. The molecule has 20 heavy (non-hydrogen) atoms. The third kappa shape index (κ3) is 3.02. The summed E-state index contributed by atoms with van der Waals surface area (Å²) in [6.45, 7) is -1.24. The van der Waals surface area contributed by atoms with Crippen LogP contribution in [0, 0.1) is 6.92 Å². The highest BCUT2D eigenvalue weighted by Crippen LogP contribution is 2.20. The topological polar surface area (TPSA) is 93.0 Å². The average Bonchev–Trinajstić information content (AvgIpc) is 2.70. The van der Waals surface area contributed by atoms with Crippen LogP contribution in [0.15, 0.2) is 24.3 Å². The van der Waals surface area contributed by atoms with Gasteiger partial charge >= 0.3 is 6.61 Å². The molecule has 1 heterocycles. The van der Waals surface area contributed by atoms with E-state index < -0.39 is 12.5 Å². The normalized spacial score (nSPS) is 10.6. The molecule has 1 aromatic heterocycles. The van der Waals surface area contributed by atoms with Gasteiger partial charge < -0.3 is 15.8 Å². The zero-order valence-corrected chi connectivity index (χ0v) is 10.5. The predicted molar refractivity (Wildman–Crippen MR) is 68.8 cm³/mol. The molecule has 0 atom stereocenters. The number of nitrogens with one attached hydrogen (secondary N) is 2. The minimum absolute atomic E-state index is 0.0983. The number of hydrogen-bond donors (Lipinski definition) is 3. The van der Waals surface area contributed by atoms with Crippen molar-refractivity contribution < 1.29 is 18.3 Å².